The van der Waals surface area contributed by atoms with Gasteiger partial charge in [0.2, 0.25) is 0 Å². The first-order chi connectivity index (χ1) is 7.84. The van der Waals surface area contributed by atoms with E-state index >= 15 is 0 Å². The monoisotopic (exact) mass is 221 g/mol. The van der Waals surface area contributed by atoms with Crippen molar-refractivity contribution in [2.75, 3.05) is 19.8 Å². The van der Waals surface area contributed by atoms with Crippen LogP contribution in [0.4, 0.5) is 0 Å². The molecule has 2 aliphatic heterocycles. The van der Waals surface area contributed by atoms with E-state index < -0.39 is 0 Å². The van der Waals surface area contributed by atoms with Crippen LogP contribution in [0.1, 0.15) is 23.6 Å². The summed E-state index contributed by atoms with van der Waals surface area (Å²) in [6, 6.07) is 0. The molecule has 0 spiro atoms. The molecule has 0 saturated carbocycles. The number of rotatable bonds is 2. The van der Waals surface area contributed by atoms with Crippen molar-refractivity contribution >= 4 is 0 Å². The smallest absolute Gasteiger partial charge is 0.109 e. The molecule has 2 aliphatic rings. The van der Waals surface area contributed by atoms with Gasteiger partial charge in [0, 0.05) is 51.9 Å². The van der Waals surface area contributed by atoms with Crippen molar-refractivity contribution in [1.82, 2.24) is 14.9 Å². The molecule has 1 N–H and O–H groups in total. The molecule has 0 aromatic carbocycles. The lowest BCUT2D eigenvalue weighted by atomic mass is 10.1. The molecule has 1 saturated heterocycles. The summed E-state index contributed by atoms with van der Waals surface area (Å²) in [6.07, 6.45) is 3.37. The van der Waals surface area contributed by atoms with Crippen molar-refractivity contribution in [2.45, 2.75) is 25.8 Å². The van der Waals surface area contributed by atoms with Crippen molar-refractivity contribution in [3.63, 3.8) is 0 Å². The van der Waals surface area contributed by atoms with Crippen molar-refractivity contribution < 1.29 is 4.74 Å². The minimum absolute atomic E-state index is 0.676. The van der Waals surface area contributed by atoms with Gasteiger partial charge in [-0.1, -0.05) is 0 Å². The topological polar surface area (TPSA) is 39.1 Å². The fourth-order valence-corrected chi connectivity index (χ4v) is 2.70. The van der Waals surface area contributed by atoms with Gasteiger partial charge in [-0.05, 0) is 12.3 Å². The van der Waals surface area contributed by atoms with Crippen LogP contribution in [0.5, 0.6) is 0 Å². The maximum absolute atomic E-state index is 5.42. The second-order valence-corrected chi connectivity index (χ2v) is 4.84. The van der Waals surface area contributed by atoms with Gasteiger partial charge in [-0.2, -0.15) is 0 Å². The van der Waals surface area contributed by atoms with E-state index in [0.717, 1.165) is 39.1 Å². The third kappa shape index (κ3) is 1.76. The Morgan fingerprint density at radius 3 is 3.25 bits per heavy atom. The maximum Gasteiger partial charge on any atom is 0.109 e. The molecule has 0 amide bonds. The highest BCUT2D eigenvalue weighted by Crippen LogP contribution is 2.21. The van der Waals surface area contributed by atoms with E-state index in [1.54, 1.807) is 0 Å². The van der Waals surface area contributed by atoms with E-state index in [-0.39, 0.29) is 0 Å². The molecule has 1 fully saturated rings. The first-order valence-corrected chi connectivity index (χ1v) is 6.16. The average molecular weight is 221 g/mol. The van der Waals surface area contributed by atoms with Crippen LogP contribution in [0, 0.1) is 5.92 Å². The Hall–Kier alpha value is -0.870. The molecular weight excluding hydrogens is 202 g/mol. The molecule has 1 atom stereocenters. The van der Waals surface area contributed by atoms with Crippen molar-refractivity contribution in [3.05, 3.63) is 17.2 Å². The molecule has 0 bridgehead atoms. The molecule has 0 aliphatic carbocycles. The zero-order valence-corrected chi connectivity index (χ0v) is 9.83. The lowest BCUT2D eigenvalue weighted by Gasteiger charge is -2.13. The zero-order valence-electron chi connectivity index (χ0n) is 9.83. The van der Waals surface area contributed by atoms with E-state index in [2.05, 4.69) is 16.9 Å². The van der Waals surface area contributed by atoms with Crippen LogP contribution in [-0.4, -0.2) is 29.3 Å². The summed E-state index contributed by atoms with van der Waals surface area (Å²) in [5.74, 6) is 1.92. The number of aromatic nitrogens is 2. The van der Waals surface area contributed by atoms with Gasteiger partial charge in [0.25, 0.3) is 0 Å². The largest absolute Gasteiger partial charge is 0.381 e. The highest BCUT2D eigenvalue weighted by molar-refractivity contribution is 5.20. The van der Waals surface area contributed by atoms with Crippen molar-refractivity contribution in [2.24, 2.45) is 13.0 Å². The SMILES string of the molecule is Cn1c(CC2CCOC2)nc2c1CCNC2. The van der Waals surface area contributed by atoms with E-state index in [1.165, 1.54) is 23.6 Å². The van der Waals surface area contributed by atoms with Gasteiger partial charge in [0.05, 0.1) is 5.69 Å². The molecule has 16 heavy (non-hydrogen) atoms. The van der Waals surface area contributed by atoms with Crippen LogP contribution in [0.2, 0.25) is 0 Å². The molecule has 88 valence electrons. The van der Waals surface area contributed by atoms with E-state index in [0.29, 0.717) is 5.92 Å². The van der Waals surface area contributed by atoms with Gasteiger partial charge in [0.15, 0.2) is 0 Å². The summed E-state index contributed by atoms with van der Waals surface area (Å²) >= 11 is 0. The zero-order chi connectivity index (χ0) is 11.0. The number of hydrogen-bond acceptors (Lipinski definition) is 3. The van der Waals surface area contributed by atoms with Crippen molar-refractivity contribution in [3.8, 4) is 0 Å². The highest BCUT2D eigenvalue weighted by atomic mass is 16.5. The molecule has 1 unspecified atom stereocenters. The summed E-state index contributed by atoms with van der Waals surface area (Å²) in [5, 5.41) is 3.37. The number of hydrogen-bond donors (Lipinski definition) is 1. The van der Waals surface area contributed by atoms with Gasteiger partial charge < -0.3 is 14.6 Å². The fourth-order valence-electron chi connectivity index (χ4n) is 2.70. The standard InChI is InChI=1S/C12H19N3O/c1-15-11-2-4-13-7-10(11)14-12(15)6-9-3-5-16-8-9/h9,13H,2-8H2,1H3. The Morgan fingerprint density at radius 2 is 2.50 bits per heavy atom. The van der Waals surface area contributed by atoms with Crippen LogP contribution in [0.15, 0.2) is 0 Å². The Labute approximate surface area is 96.0 Å². The molecule has 3 rings (SSSR count). The molecule has 1 aromatic rings. The molecule has 0 radical (unpaired) electrons. The summed E-state index contributed by atoms with van der Waals surface area (Å²) in [7, 11) is 2.16. The molecular formula is C12H19N3O. The molecule has 4 heteroatoms. The lowest BCUT2D eigenvalue weighted by Crippen LogP contribution is -2.24. The van der Waals surface area contributed by atoms with Crippen molar-refractivity contribution in [1.29, 1.82) is 0 Å². The normalized spacial score (nSPS) is 24.7. The quantitative estimate of drug-likeness (QED) is 0.797. The highest BCUT2D eigenvalue weighted by Gasteiger charge is 2.22. The Morgan fingerprint density at radius 1 is 1.56 bits per heavy atom. The Bertz CT molecular complexity index is 380. The minimum Gasteiger partial charge on any atom is -0.381 e. The van der Waals surface area contributed by atoms with Gasteiger partial charge in [0.1, 0.15) is 5.82 Å². The second-order valence-electron chi connectivity index (χ2n) is 4.84. The average Bonchev–Trinajstić information content (AvgIpc) is 2.90. The fraction of sp³-hybridized carbons (Fsp3) is 0.750. The minimum atomic E-state index is 0.676. The number of nitrogens with one attached hydrogen (secondary N) is 1. The van der Waals surface area contributed by atoms with E-state index in [9.17, 15) is 0 Å². The first-order valence-electron chi connectivity index (χ1n) is 6.16. The predicted molar refractivity (Wildman–Crippen MR) is 61.2 cm³/mol. The van der Waals surface area contributed by atoms with Crippen LogP contribution >= 0.6 is 0 Å². The Balaban J connectivity index is 1.81. The summed E-state index contributed by atoms with van der Waals surface area (Å²) in [6.45, 7) is 3.86. The van der Waals surface area contributed by atoms with Gasteiger partial charge in [-0.3, -0.25) is 0 Å². The number of fused-ring (bicyclic) bond motifs is 1. The van der Waals surface area contributed by atoms with E-state index in [1.807, 2.05) is 0 Å². The van der Waals surface area contributed by atoms with Gasteiger partial charge >= 0.3 is 0 Å². The summed E-state index contributed by atoms with van der Waals surface area (Å²) in [4.78, 5) is 4.76. The van der Waals surface area contributed by atoms with Crippen LogP contribution < -0.4 is 5.32 Å². The van der Waals surface area contributed by atoms with E-state index in [4.69, 9.17) is 9.72 Å². The number of imidazole rings is 1. The lowest BCUT2D eigenvalue weighted by molar-refractivity contribution is 0.185. The maximum atomic E-state index is 5.42. The first kappa shape index (κ1) is 10.3. The second kappa shape index (κ2) is 4.18. The third-order valence-corrected chi connectivity index (χ3v) is 3.72. The third-order valence-electron chi connectivity index (χ3n) is 3.72. The molecule has 1 aromatic heterocycles. The predicted octanol–water partition coefficient (Wildman–Crippen LogP) is 0.645. The van der Waals surface area contributed by atoms with Crippen LogP contribution in [0.3, 0.4) is 0 Å². The van der Waals surface area contributed by atoms with Crippen LogP contribution in [0.25, 0.3) is 0 Å². The molecule has 3 heterocycles. The van der Waals surface area contributed by atoms with Gasteiger partial charge in [-0.25, -0.2) is 4.98 Å². The summed E-state index contributed by atoms with van der Waals surface area (Å²) < 4.78 is 7.72. The number of ether oxygens (including phenoxy) is 1. The Kier molecular flexibility index (Phi) is 2.69. The number of nitrogens with zero attached hydrogens (tertiary/aromatic N) is 2. The molecule has 4 nitrogen and oxygen atoms in total. The van der Waals surface area contributed by atoms with Crippen LogP contribution in [-0.2, 0) is 31.2 Å². The van der Waals surface area contributed by atoms with Gasteiger partial charge in [-0.15, -0.1) is 0 Å². The summed E-state index contributed by atoms with van der Waals surface area (Å²) in [5.41, 5.74) is 2.68.